The van der Waals surface area contributed by atoms with Gasteiger partial charge in [0.2, 0.25) is 15.9 Å². The van der Waals surface area contributed by atoms with Crippen LogP contribution in [-0.4, -0.2) is 77.0 Å². The Morgan fingerprint density at radius 3 is 2.35 bits per heavy atom. The van der Waals surface area contributed by atoms with E-state index < -0.39 is 16.1 Å². The number of hydrogen-bond donors (Lipinski definition) is 2. The molecule has 1 amide bonds. The molecular formula is C23H30FN5O4S. The van der Waals surface area contributed by atoms with Gasteiger partial charge in [0.25, 0.3) is 0 Å². The molecule has 0 aliphatic carbocycles. The molecular weight excluding hydrogens is 461 g/mol. The fraction of sp³-hybridized carbons (Fsp3) is 0.435. The Morgan fingerprint density at radius 2 is 1.74 bits per heavy atom. The zero-order chi connectivity index (χ0) is 24.5. The van der Waals surface area contributed by atoms with Crippen molar-refractivity contribution in [2.75, 3.05) is 52.3 Å². The minimum atomic E-state index is -3.69. The highest BCUT2D eigenvalue weighted by atomic mass is 32.2. The standard InChI is InChI=1S/C23H30FN5O4S/c1-27(2)34(31,32)22-14-16(4-9-21(22)33-3)19-15-20(26-25-19)23(30)29-12-10-28(11-13-29)18-7-5-17(24)6-8-18/h4-9,14,19-20,25-26H,10-13,15H2,1-3H3. The molecule has 2 aliphatic rings. The highest BCUT2D eigenvalue weighted by Crippen LogP contribution is 2.32. The lowest BCUT2D eigenvalue weighted by molar-refractivity contribution is -0.133. The van der Waals surface area contributed by atoms with Gasteiger partial charge in [-0.25, -0.2) is 28.0 Å². The normalized spacial score (nSPS) is 21.2. The fourth-order valence-electron chi connectivity index (χ4n) is 4.30. The van der Waals surface area contributed by atoms with Crippen molar-refractivity contribution >= 4 is 21.6 Å². The molecule has 2 N–H and O–H groups in total. The molecule has 2 saturated heterocycles. The van der Waals surface area contributed by atoms with Crippen LogP contribution in [0.15, 0.2) is 47.4 Å². The molecule has 0 radical (unpaired) electrons. The van der Waals surface area contributed by atoms with Crippen molar-refractivity contribution in [3.8, 4) is 5.75 Å². The molecule has 11 heteroatoms. The number of nitrogens with zero attached hydrogens (tertiary/aromatic N) is 3. The lowest BCUT2D eigenvalue weighted by Gasteiger charge is -2.37. The molecule has 0 saturated carbocycles. The zero-order valence-corrected chi connectivity index (χ0v) is 20.3. The van der Waals surface area contributed by atoms with E-state index in [9.17, 15) is 17.6 Å². The van der Waals surface area contributed by atoms with Gasteiger partial charge in [0.05, 0.1) is 7.11 Å². The largest absolute Gasteiger partial charge is 0.495 e. The van der Waals surface area contributed by atoms with E-state index in [-0.39, 0.29) is 28.4 Å². The number of hydrazine groups is 1. The van der Waals surface area contributed by atoms with Crippen molar-refractivity contribution in [3.05, 3.63) is 53.8 Å². The van der Waals surface area contributed by atoms with Gasteiger partial charge in [0, 0.05) is 52.0 Å². The minimum Gasteiger partial charge on any atom is -0.495 e. The second-order valence-corrected chi connectivity index (χ2v) is 10.7. The summed E-state index contributed by atoms with van der Waals surface area (Å²) in [6, 6.07) is 10.8. The van der Waals surface area contributed by atoms with Crippen LogP contribution < -0.4 is 20.5 Å². The molecule has 34 heavy (non-hydrogen) atoms. The van der Waals surface area contributed by atoms with Crippen LogP contribution in [0.1, 0.15) is 18.0 Å². The first-order valence-electron chi connectivity index (χ1n) is 11.1. The molecule has 0 spiro atoms. The molecule has 2 heterocycles. The van der Waals surface area contributed by atoms with E-state index in [0.717, 1.165) is 15.6 Å². The van der Waals surface area contributed by atoms with E-state index in [1.165, 1.54) is 33.3 Å². The lowest BCUT2D eigenvalue weighted by Crippen LogP contribution is -2.53. The number of amides is 1. The number of hydrogen-bond acceptors (Lipinski definition) is 7. The smallest absolute Gasteiger partial charge is 0.246 e. The SMILES string of the molecule is COc1ccc(C2CC(C(=O)N3CCN(c4ccc(F)cc4)CC3)NN2)cc1S(=O)(=O)N(C)C. The van der Waals surface area contributed by atoms with Crippen molar-refractivity contribution in [3.63, 3.8) is 0 Å². The predicted molar refractivity (Wildman–Crippen MR) is 126 cm³/mol. The van der Waals surface area contributed by atoms with Gasteiger partial charge in [0.1, 0.15) is 22.5 Å². The number of sulfonamides is 1. The van der Waals surface area contributed by atoms with E-state index >= 15 is 0 Å². The van der Waals surface area contributed by atoms with Gasteiger partial charge >= 0.3 is 0 Å². The Balaban J connectivity index is 1.40. The van der Waals surface area contributed by atoms with Gasteiger partial charge in [-0.2, -0.15) is 0 Å². The number of methoxy groups -OCH3 is 1. The molecule has 184 valence electrons. The Kier molecular flexibility index (Phi) is 7.08. The lowest BCUT2D eigenvalue weighted by atomic mass is 10.0. The van der Waals surface area contributed by atoms with Crippen LogP contribution in [0.4, 0.5) is 10.1 Å². The second kappa shape index (κ2) is 9.87. The van der Waals surface area contributed by atoms with Gasteiger partial charge in [-0.15, -0.1) is 0 Å². The van der Waals surface area contributed by atoms with Gasteiger partial charge in [-0.1, -0.05) is 6.07 Å². The number of piperazine rings is 1. The third-order valence-corrected chi connectivity index (χ3v) is 8.17. The average molecular weight is 492 g/mol. The van der Waals surface area contributed by atoms with Gasteiger partial charge in [-0.05, 0) is 48.4 Å². The molecule has 2 aromatic rings. The van der Waals surface area contributed by atoms with E-state index in [2.05, 4.69) is 15.8 Å². The van der Waals surface area contributed by atoms with E-state index in [4.69, 9.17) is 4.74 Å². The number of halogens is 1. The van der Waals surface area contributed by atoms with Crippen molar-refractivity contribution in [1.29, 1.82) is 0 Å². The summed E-state index contributed by atoms with van der Waals surface area (Å²) in [7, 11) is 0.691. The number of benzene rings is 2. The summed E-state index contributed by atoms with van der Waals surface area (Å²) in [6.07, 6.45) is 0.491. The van der Waals surface area contributed by atoms with Crippen molar-refractivity contribution in [2.45, 2.75) is 23.4 Å². The molecule has 0 aromatic heterocycles. The summed E-state index contributed by atoms with van der Waals surface area (Å²) < 4.78 is 45.0. The summed E-state index contributed by atoms with van der Waals surface area (Å²) >= 11 is 0. The number of rotatable bonds is 6. The summed E-state index contributed by atoms with van der Waals surface area (Å²) in [5, 5.41) is 0. The topological polar surface area (TPSA) is 94.2 Å². The Hall–Kier alpha value is -2.73. The third-order valence-electron chi connectivity index (χ3n) is 6.33. The van der Waals surface area contributed by atoms with Crippen LogP contribution in [0.2, 0.25) is 0 Å². The Bertz CT molecular complexity index is 1130. The maximum atomic E-state index is 13.2. The number of ether oxygens (including phenoxy) is 1. The maximum Gasteiger partial charge on any atom is 0.246 e. The average Bonchev–Trinajstić information content (AvgIpc) is 3.34. The first kappa shape index (κ1) is 24.4. The molecule has 4 rings (SSSR count). The quantitative estimate of drug-likeness (QED) is 0.630. The summed E-state index contributed by atoms with van der Waals surface area (Å²) in [6.45, 7) is 2.50. The highest BCUT2D eigenvalue weighted by Gasteiger charge is 2.35. The molecule has 2 atom stereocenters. The fourth-order valence-corrected chi connectivity index (χ4v) is 5.39. The first-order chi connectivity index (χ1) is 16.2. The summed E-state index contributed by atoms with van der Waals surface area (Å²) in [5.41, 5.74) is 7.91. The molecule has 2 unspecified atom stereocenters. The molecule has 9 nitrogen and oxygen atoms in total. The number of nitrogens with one attached hydrogen (secondary N) is 2. The third kappa shape index (κ3) is 4.88. The number of anilines is 1. The number of carbonyl (C=O) groups is 1. The van der Waals surface area contributed by atoms with Crippen LogP contribution in [0.25, 0.3) is 0 Å². The Morgan fingerprint density at radius 1 is 1.06 bits per heavy atom. The minimum absolute atomic E-state index is 0.00315. The second-order valence-electron chi connectivity index (χ2n) is 8.62. The van der Waals surface area contributed by atoms with Crippen LogP contribution in [0, 0.1) is 5.82 Å². The first-order valence-corrected chi connectivity index (χ1v) is 12.6. The molecule has 2 aliphatic heterocycles. The van der Waals surface area contributed by atoms with Crippen LogP contribution in [-0.2, 0) is 14.8 Å². The zero-order valence-electron chi connectivity index (χ0n) is 19.5. The van der Waals surface area contributed by atoms with E-state index in [1.54, 1.807) is 30.3 Å². The summed E-state index contributed by atoms with van der Waals surface area (Å²) in [4.78, 5) is 17.2. The monoisotopic (exact) mass is 491 g/mol. The van der Waals surface area contributed by atoms with Crippen LogP contribution >= 0.6 is 0 Å². The van der Waals surface area contributed by atoms with E-state index in [1.807, 2.05) is 4.90 Å². The van der Waals surface area contributed by atoms with Crippen LogP contribution in [0.5, 0.6) is 5.75 Å². The van der Waals surface area contributed by atoms with Crippen molar-refractivity contribution in [1.82, 2.24) is 20.1 Å². The number of carbonyl (C=O) groups excluding carboxylic acids is 1. The molecule has 0 bridgehead atoms. The molecule has 2 fully saturated rings. The van der Waals surface area contributed by atoms with Gasteiger partial charge < -0.3 is 14.5 Å². The van der Waals surface area contributed by atoms with Crippen molar-refractivity contribution < 1.29 is 22.3 Å². The summed E-state index contributed by atoms with van der Waals surface area (Å²) in [5.74, 6) is 0.00804. The van der Waals surface area contributed by atoms with Gasteiger partial charge in [-0.3, -0.25) is 4.79 Å². The maximum absolute atomic E-state index is 13.2. The Labute approximate surface area is 199 Å². The molecule has 2 aromatic carbocycles. The van der Waals surface area contributed by atoms with Crippen LogP contribution in [0.3, 0.4) is 0 Å². The van der Waals surface area contributed by atoms with Gasteiger partial charge in [0.15, 0.2) is 0 Å². The van der Waals surface area contributed by atoms with E-state index in [0.29, 0.717) is 32.6 Å². The predicted octanol–water partition coefficient (Wildman–Crippen LogP) is 1.34. The van der Waals surface area contributed by atoms with Crippen molar-refractivity contribution in [2.24, 2.45) is 0 Å². The highest BCUT2D eigenvalue weighted by molar-refractivity contribution is 7.89.